The molecule has 0 saturated carbocycles. The molecule has 0 aromatic heterocycles. The molecular weight excluding hydrogens is 260 g/mol. The summed E-state index contributed by atoms with van der Waals surface area (Å²) >= 11 is 6.02. The van der Waals surface area contributed by atoms with Gasteiger partial charge < -0.3 is 4.74 Å². The van der Waals surface area contributed by atoms with E-state index in [0.717, 1.165) is 36.2 Å². The number of benzene rings is 2. The standard InChI is InChI=1S/C16H15ClO2/c1-2-9-19-15-7-5-12(6-8-15)13-3-4-14(11-18)16(17)10-13/h3-8,10-11H,2,9H2,1H3. The molecule has 3 heteroatoms. The summed E-state index contributed by atoms with van der Waals surface area (Å²) in [6.07, 6.45) is 1.75. The van der Waals surface area contributed by atoms with E-state index in [0.29, 0.717) is 10.6 Å². The lowest BCUT2D eigenvalue weighted by molar-refractivity contribution is 0.112. The number of ether oxygens (including phenoxy) is 1. The number of rotatable bonds is 5. The van der Waals surface area contributed by atoms with Gasteiger partial charge in [0, 0.05) is 5.56 Å². The number of hydrogen-bond donors (Lipinski definition) is 0. The summed E-state index contributed by atoms with van der Waals surface area (Å²) in [6, 6.07) is 13.3. The van der Waals surface area contributed by atoms with Gasteiger partial charge in [-0.05, 0) is 41.8 Å². The molecule has 0 amide bonds. The van der Waals surface area contributed by atoms with E-state index in [2.05, 4.69) is 6.92 Å². The molecule has 19 heavy (non-hydrogen) atoms. The number of carbonyl (C=O) groups is 1. The van der Waals surface area contributed by atoms with Gasteiger partial charge in [0.25, 0.3) is 0 Å². The Labute approximate surface area is 118 Å². The highest BCUT2D eigenvalue weighted by molar-refractivity contribution is 6.33. The Hall–Kier alpha value is -1.80. The largest absolute Gasteiger partial charge is 0.494 e. The molecular formula is C16H15ClO2. The molecule has 0 aliphatic carbocycles. The summed E-state index contributed by atoms with van der Waals surface area (Å²) in [6.45, 7) is 2.80. The normalized spacial score (nSPS) is 10.2. The van der Waals surface area contributed by atoms with Crippen LogP contribution < -0.4 is 4.74 Å². The van der Waals surface area contributed by atoms with E-state index in [-0.39, 0.29) is 0 Å². The van der Waals surface area contributed by atoms with Crippen molar-refractivity contribution >= 4 is 17.9 Å². The van der Waals surface area contributed by atoms with Gasteiger partial charge in [-0.3, -0.25) is 4.79 Å². The Kier molecular flexibility index (Phi) is 4.58. The summed E-state index contributed by atoms with van der Waals surface area (Å²) in [5.41, 5.74) is 2.54. The fourth-order valence-electron chi connectivity index (χ4n) is 1.77. The second-order valence-electron chi connectivity index (χ2n) is 4.23. The zero-order valence-electron chi connectivity index (χ0n) is 10.7. The minimum atomic E-state index is 0.471. The van der Waals surface area contributed by atoms with Crippen LogP contribution in [0.3, 0.4) is 0 Å². The molecule has 0 aliphatic rings. The Morgan fingerprint density at radius 3 is 2.37 bits per heavy atom. The van der Waals surface area contributed by atoms with Crippen molar-refractivity contribution in [3.8, 4) is 16.9 Å². The average Bonchev–Trinajstić information content (AvgIpc) is 2.45. The smallest absolute Gasteiger partial charge is 0.151 e. The van der Waals surface area contributed by atoms with Gasteiger partial charge in [-0.2, -0.15) is 0 Å². The molecule has 2 aromatic rings. The summed E-state index contributed by atoms with van der Waals surface area (Å²) < 4.78 is 5.53. The first kappa shape index (κ1) is 13.6. The van der Waals surface area contributed by atoms with Crippen molar-refractivity contribution in [1.82, 2.24) is 0 Å². The quantitative estimate of drug-likeness (QED) is 0.744. The summed E-state index contributed by atoms with van der Waals surface area (Å²) in [5, 5.41) is 0.471. The van der Waals surface area contributed by atoms with Gasteiger partial charge in [0.15, 0.2) is 6.29 Å². The molecule has 0 saturated heterocycles. The minimum absolute atomic E-state index is 0.471. The van der Waals surface area contributed by atoms with Gasteiger partial charge in [0.05, 0.1) is 11.6 Å². The predicted octanol–water partition coefficient (Wildman–Crippen LogP) is 4.61. The van der Waals surface area contributed by atoms with Gasteiger partial charge in [-0.25, -0.2) is 0 Å². The van der Waals surface area contributed by atoms with Crippen molar-refractivity contribution in [3.63, 3.8) is 0 Å². The average molecular weight is 275 g/mol. The zero-order chi connectivity index (χ0) is 13.7. The first-order chi connectivity index (χ1) is 9.24. The Balaban J connectivity index is 2.22. The summed E-state index contributed by atoms with van der Waals surface area (Å²) in [5.74, 6) is 0.862. The summed E-state index contributed by atoms with van der Waals surface area (Å²) in [4.78, 5) is 10.7. The van der Waals surface area contributed by atoms with E-state index in [9.17, 15) is 4.79 Å². The number of hydrogen-bond acceptors (Lipinski definition) is 2. The molecule has 0 unspecified atom stereocenters. The predicted molar refractivity (Wildman–Crippen MR) is 78.1 cm³/mol. The fraction of sp³-hybridized carbons (Fsp3) is 0.188. The molecule has 0 aliphatic heterocycles. The van der Waals surface area contributed by atoms with E-state index in [4.69, 9.17) is 16.3 Å². The molecule has 0 spiro atoms. The van der Waals surface area contributed by atoms with Crippen LogP contribution >= 0.6 is 11.6 Å². The summed E-state index contributed by atoms with van der Waals surface area (Å²) in [7, 11) is 0. The van der Waals surface area contributed by atoms with Crippen molar-refractivity contribution < 1.29 is 9.53 Å². The molecule has 2 nitrogen and oxygen atoms in total. The Bertz CT molecular complexity index is 561. The van der Waals surface area contributed by atoms with Crippen LogP contribution in [-0.2, 0) is 0 Å². The highest BCUT2D eigenvalue weighted by Crippen LogP contribution is 2.26. The number of carbonyl (C=O) groups excluding carboxylic acids is 1. The van der Waals surface area contributed by atoms with E-state index in [1.165, 1.54) is 0 Å². The van der Waals surface area contributed by atoms with Gasteiger partial charge in [-0.1, -0.05) is 36.7 Å². The van der Waals surface area contributed by atoms with Crippen LogP contribution in [-0.4, -0.2) is 12.9 Å². The first-order valence-electron chi connectivity index (χ1n) is 6.22. The van der Waals surface area contributed by atoms with Crippen LogP contribution in [0.1, 0.15) is 23.7 Å². The monoisotopic (exact) mass is 274 g/mol. The van der Waals surface area contributed by atoms with Gasteiger partial charge in [0.1, 0.15) is 5.75 Å². The molecule has 2 aromatic carbocycles. The topological polar surface area (TPSA) is 26.3 Å². The third-order valence-electron chi connectivity index (χ3n) is 2.79. The van der Waals surface area contributed by atoms with Gasteiger partial charge >= 0.3 is 0 Å². The van der Waals surface area contributed by atoms with E-state index < -0.39 is 0 Å². The molecule has 2 rings (SSSR count). The van der Waals surface area contributed by atoms with E-state index in [1.54, 1.807) is 12.1 Å². The van der Waals surface area contributed by atoms with Crippen LogP contribution in [0.5, 0.6) is 5.75 Å². The van der Waals surface area contributed by atoms with Crippen LogP contribution in [0.2, 0.25) is 5.02 Å². The van der Waals surface area contributed by atoms with E-state index >= 15 is 0 Å². The second-order valence-corrected chi connectivity index (χ2v) is 4.63. The lowest BCUT2D eigenvalue weighted by Gasteiger charge is -2.07. The van der Waals surface area contributed by atoms with Crippen LogP contribution in [0.25, 0.3) is 11.1 Å². The first-order valence-corrected chi connectivity index (χ1v) is 6.60. The molecule has 0 fully saturated rings. The number of aldehydes is 1. The van der Waals surface area contributed by atoms with Crippen LogP contribution in [0.4, 0.5) is 0 Å². The van der Waals surface area contributed by atoms with Crippen LogP contribution in [0, 0.1) is 0 Å². The molecule has 98 valence electrons. The maximum absolute atomic E-state index is 10.7. The highest BCUT2D eigenvalue weighted by Gasteiger charge is 2.03. The maximum atomic E-state index is 10.7. The Morgan fingerprint density at radius 2 is 1.79 bits per heavy atom. The zero-order valence-corrected chi connectivity index (χ0v) is 11.5. The van der Waals surface area contributed by atoms with Gasteiger partial charge in [-0.15, -0.1) is 0 Å². The highest BCUT2D eigenvalue weighted by atomic mass is 35.5. The van der Waals surface area contributed by atoms with Crippen molar-refractivity contribution in [2.24, 2.45) is 0 Å². The third kappa shape index (κ3) is 3.36. The molecule has 0 radical (unpaired) electrons. The minimum Gasteiger partial charge on any atom is -0.494 e. The SMILES string of the molecule is CCCOc1ccc(-c2ccc(C=O)c(Cl)c2)cc1. The molecule has 0 atom stereocenters. The van der Waals surface area contributed by atoms with Crippen molar-refractivity contribution in [1.29, 1.82) is 0 Å². The van der Waals surface area contributed by atoms with Crippen molar-refractivity contribution in [3.05, 3.63) is 53.1 Å². The van der Waals surface area contributed by atoms with Crippen molar-refractivity contribution in [2.45, 2.75) is 13.3 Å². The molecule has 0 heterocycles. The maximum Gasteiger partial charge on any atom is 0.151 e. The van der Waals surface area contributed by atoms with Crippen molar-refractivity contribution in [2.75, 3.05) is 6.61 Å². The van der Waals surface area contributed by atoms with Gasteiger partial charge in [0.2, 0.25) is 0 Å². The lowest BCUT2D eigenvalue weighted by Crippen LogP contribution is -1.94. The third-order valence-corrected chi connectivity index (χ3v) is 3.12. The fourth-order valence-corrected chi connectivity index (χ4v) is 1.99. The van der Waals surface area contributed by atoms with Crippen LogP contribution in [0.15, 0.2) is 42.5 Å². The van der Waals surface area contributed by atoms with E-state index in [1.807, 2.05) is 30.3 Å². The second kappa shape index (κ2) is 6.39. The number of halogens is 1. The molecule has 0 bridgehead atoms. The molecule has 0 N–H and O–H groups in total. The Morgan fingerprint density at radius 1 is 1.11 bits per heavy atom. The lowest BCUT2D eigenvalue weighted by atomic mass is 10.0.